The number of hydrogen-bond acceptors (Lipinski definition) is 5. The minimum absolute atomic E-state index is 0.787. The quantitative estimate of drug-likeness (QED) is 0.462. The molecule has 0 fully saturated rings. The first-order valence-electron chi connectivity index (χ1n) is 10.2. The highest BCUT2D eigenvalue weighted by atomic mass is 16.5. The second-order valence-corrected chi connectivity index (χ2v) is 6.83. The van der Waals surface area contributed by atoms with E-state index in [0.29, 0.717) is 0 Å². The third-order valence-corrected chi connectivity index (χ3v) is 4.49. The number of nitrogens with zero attached hydrogens (tertiary/aromatic N) is 3. The van der Waals surface area contributed by atoms with Gasteiger partial charge in [-0.1, -0.05) is 58.8 Å². The number of nitrogens with one attached hydrogen (secondary N) is 1. The molecule has 0 saturated carbocycles. The molecule has 0 aliphatic carbocycles. The lowest BCUT2D eigenvalue weighted by atomic mass is 10.1. The van der Waals surface area contributed by atoms with Crippen LogP contribution in [0, 0.1) is 0 Å². The summed E-state index contributed by atoms with van der Waals surface area (Å²) in [6.45, 7) is 5.25. The molecule has 1 N–H and O–H groups in total. The summed E-state index contributed by atoms with van der Waals surface area (Å²) in [6, 6.07) is 7.97. The van der Waals surface area contributed by atoms with E-state index in [1.165, 1.54) is 51.4 Å². The Balaban J connectivity index is 1.69. The fraction of sp³-hybridized carbons (Fsp3) is 0.619. The molecule has 1 aromatic rings. The molecule has 2 rings (SSSR count). The van der Waals surface area contributed by atoms with E-state index in [1.54, 1.807) is 5.12 Å². The third-order valence-electron chi connectivity index (χ3n) is 4.49. The van der Waals surface area contributed by atoms with E-state index >= 15 is 0 Å². The summed E-state index contributed by atoms with van der Waals surface area (Å²) in [5.74, 6) is 0.908. The standard InChI is InChI=1S/C21H34N4O/c1-3-5-7-9-11-17-26-21-15-13-20(14-16-21)25-22-18-19(23-24-25)12-10-8-6-4-2/h13-16,18,24H,3-12,17H2,1-2H3. The van der Waals surface area contributed by atoms with Gasteiger partial charge in [0, 0.05) is 0 Å². The summed E-state index contributed by atoms with van der Waals surface area (Å²) < 4.78 is 5.80. The van der Waals surface area contributed by atoms with Crippen molar-refractivity contribution in [3.63, 3.8) is 0 Å². The Morgan fingerprint density at radius 2 is 1.58 bits per heavy atom. The summed E-state index contributed by atoms with van der Waals surface area (Å²) in [5, 5.41) is 10.5. The highest BCUT2D eigenvalue weighted by Gasteiger charge is 2.09. The lowest BCUT2D eigenvalue weighted by Crippen LogP contribution is -2.34. The normalized spacial score (nSPS) is 13.5. The zero-order valence-corrected chi connectivity index (χ0v) is 16.4. The van der Waals surface area contributed by atoms with E-state index in [4.69, 9.17) is 4.74 Å². The predicted molar refractivity (Wildman–Crippen MR) is 111 cm³/mol. The molecule has 0 saturated heterocycles. The van der Waals surface area contributed by atoms with Crippen LogP contribution in [0.1, 0.15) is 78.1 Å². The van der Waals surface area contributed by atoms with Gasteiger partial charge < -0.3 is 4.74 Å². The van der Waals surface area contributed by atoms with Crippen molar-refractivity contribution in [2.24, 2.45) is 10.2 Å². The average molecular weight is 359 g/mol. The topological polar surface area (TPSA) is 49.2 Å². The van der Waals surface area contributed by atoms with Crippen LogP contribution < -0.4 is 15.4 Å². The molecule has 0 amide bonds. The number of hydrogen-bond donors (Lipinski definition) is 1. The fourth-order valence-corrected chi connectivity index (χ4v) is 2.85. The van der Waals surface area contributed by atoms with Crippen molar-refractivity contribution in [2.45, 2.75) is 78.1 Å². The van der Waals surface area contributed by atoms with E-state index in [1.807, 2.05) is 30.5 Å². The molecule has 1 aromatic carbocycles. The average Bonchev–Trinajstić information content (AvgIpc) is 2.69. The van der Waals surface area contributed by atoms with Crippen LogP contribution in [0.25, 0.3) is 0 Å². The molecule has 26 heavy (non-hydrogen) atoms. The smallest absolute Gasteiger partial charge is 0.119 e. The first-order valence-corrected chi connectivity index (χ1v) is 10.2. The summed E-state index contributed by atoms with van der Waals surface area (Å²) in [4.78, 5) is 0. The number of anilines is 1. The number of hydrazine groups is 1. The van der Waals surface area contributed by atoms with Crippen molar-refractivity contribution in [1.82, 2.24) is 5.53 Å². The highest BCUT2D eigenvalue weighted by Crippen LogP contribution is 2.20. The van der Waals surface area contributed by atoms with Crippen molar-refractivity contribution < 1.29 is 4.74 Å². The highest BCUT2D eigenvalue weighted by molar-refractivity contribution is 6.31. The molecule has 1 aliphatic rings. The van der Waals surface area contributed by atoms with Gasteiger partial charge in [-0.05, 0) is 43.5 Å². The zero-order valence-electron chi connectivity index (χ0n) is 16.4. The molecule has 0 unspecified atom stereocenters. The Bertz CT molecular complexity index is 554. The molecule has 5 nitrogen and oxygen atoms in total. The van der Waals surface area contributed by atoms with Crippen molar-refractivity contribution in [2.75, 3.05) is 11.7 Å². The van der Waals surface area contributed by atoms with E-state index in [-0.39, 0.29) is 0 Å². The molecule has 0 aromatic heterocycles. The molecule has 0 atom stereocenters. The van der Waals surface area contributed by atoms with Crippen LogP contribution in [0.2, 0.25) is 0 Å². The number of ether oxygens (including phenoxy) is 1. The van der Waals surface area contributed by atoms with Gasteiger partial charge in [-0.15, -0.1) is 0 Å². The maximum Gasteiger partial charge on any atom is 0.119 e. The largest absolute Gasteiger partial charge is 0.494 e. The second-order valence-electron chi connectivity index (χ2n) is 6.83. The Hall–Kier alpha value is -2.04. The van der Waals surface area contributed by atoms with E-state index in [9.17, 15) is 0 Å². The van der Waals surface area contributed by atoms with E-state index in [2.05, 4.69) is 29.6 Å². The maximum atomic E-state index is 5.80. The van der Waals surface area contributed by atoms with Crippen molar-refractivity contribution in [3.8, 4) is 5.75 Å². The summed E-state index contributed by atoms with van der Waals surface area (Å²) >= 11 is 0. The minimum atomic E-state index is 0.787. The number of hydrazone groups is 2. The number of rotatable bonds is 13. The lowest BCUT2D eigenvalue weighted by Gasteiger charge is -2.21. The number of unbranched alkanes of at least 4 members (excludes halogenated alkanes) is 7. The monoisotopic (exact) mass is 358 g/mol. The summed E-state index contributed by atoms with van der Waals surface area (Å²) in [5.41, 5.74) is 4.96. The van der Waals surface area contributed by atoms with Crippen molar-refractivity contribution >= 4 is 17.6 Å². The van der Waals surface area contributed by atoms with Gasteiger partial charge >= 0.3 is 0 Å². The molecule has 1 aliphatic heterocycles. The van der Waals surface area contributed by atoms with Crippen molar-refractivity contribution in [1.29, 1.82) is 0 Å². The van der Waals surface area contributed by atoms with Gasteiger partial charge in [-0.25, -0.2) is 0 Å². The van der Waals surface area contributed by atoms with Gasteiger partial charge in [0.2, 0.25) is 0 Å². The lowest BCUT2D eigenvalue weighted by molar-refractivity contribution is 0.304. The first-order chi connectivity index (χ1) is 12.8. The van der Waals surface area contributed by atoms with Gasteiger partial charge in [-0.2, -0.15) is 20.9 Å². The van der Waals surface area contributed by atoms with Crippen LogP contribution >= 0.6 is 0 Å². The number of benzene rings is 1. The molecular formula is C21H34N4O. The predicted octanol–water partition coefficient (Wildman–Crippen LogP) is 5.67. The third kappa shape index (κ3) is 7.46. The van der Waals surface area contributed by atoms with Gasteiger partial charge in [0.25, 0.3) is 0 Å². The second kappa shape index (κ2) is 12.3. The van der Waals surface area contributed by atoms with Crippen LogP contribution in [0.15, 0.2) is 34.5 Å². The van der Waals surface area contributed by atoms with Gasteiger partial charge in [0.15, 0.2) is 0 Å². The molecule has 0 bridgehead atoms. The van der Waals surface area contributed by atoms with Crippen molar-refractivity contribution in [3.05, 3.63) is 24.3 Å². The first kappa shape index (κ1) is 20.3. The van der Waals surface area contributed by atoms with Crippen LogP contribution in [-0.4, -0.2) is 18.5 Å². The Morgan fingerprint density at radius 3 is 2.23 bits per heavy atom. The molecular weight excluding hydrogens is 324 g/mol. The Kier molecular flexibility index (Phi) is 9.62. The van der Waals surface area contributed by atoms with Crippen LogP contribution in [0.3, 0.4) is 0 Å². The molecule has 0 radical (unpaired) electrons. The molecule has 1 heterocycles. The molecule has 144 valence electrons. The van der Waals surface area contributed by atoms with Gasteiger partial charge in [0.1, 0.15) is 5.75 Å². The Morgan fingerprint density at radius 1 is 0.885 bits per heavy atom. The molecule has 0 spiro atoms. The van der Waals surface area contributed by atoms with E-state index < -0.39 is 0 Å². The minimum Gasteiger partial charge on any atom is -0.494 e. The summed E-state index contributed by atoms with van der Waals surface area (Å²) in [7, 11) is 0. The van der Waals surface area contributed by atoms with E-state index in [0.717, 1.165) is 36.6 Å². The van der Waals surface area contributed by atoms with Gasteiger partial charge in [-0.3, -0.25) is 0 Å². The van der Waals surface area contributed by atoms with Crippen LogP contribution in [0.4, 0.5) is 5.69 Å². The molecule has 5 heteroatoms. The van der Waals surface area contributed by atoms with Gasteiger partial charge in [0.05, 0.1) is 24.2 Å². The zero-order chi connectivity index (χ0) is 18.5. The fourth-order valence-electron chi connectivity index (χ4n) is 2.85. The van der Waals surface area contributed by atoms with Crippen LogP contribution in [0.5, 0.6) is 5.75 Å². The summed E-state index contributed by atoms with van der Waals surface area (Å²) in [6.07, 6.45) is 14.1. The Labute approximate surface area is 158 Å². The van der Waals surface area contributed by atoms with Crippen LogP contribution in [-0.2, 0) is 0 Å². The SMILES string of the molecule is CCCCCCCOc1ccc(N2N=CC(CCCCCC)=NN2)cc1. The maximum absolute atomic E-state index is 5.80.